The maximum Gasteiger partial charge on any atom is 0.382 e. The number of ether oxygens (including phenoxy) is 2. The van der Waals surface area contributed by atoms with E-state index in [1.165, 1.54) is 26.2 Å². The van der Waals surface area contributed by atoms with Crippen LogP contribution >= 0.6 is 0 Å². The molecule has 96 valence electrons. The van der Waals surface area contributed by atoms with Gasteiger partial charge in [0.05, 0.1) is 30.9 Å². The molecule has 0 amide bonds. The minimum atomic E-state index is -3.85. The monoisotopic (exact) mass is 255 g/mol. The van der Waals surface area contributed by atoms with Crippen molar-refractivity contribution in [2.75, 3.05) is 13.7 Å². The summed E-state index contributed by atoms with van der Waals surface area (Å²) in [7, 11) is 1.20. The molecule has 0 aliphatic carbocycles. The number of nitrogens with zero attached hydrogens (tertiary/aromatic N) is 1. The van der Waals surface area contributed by atoms with Crippen molar-refractivity contribution in [2.24, 2.45) is 0 Å². The molecule has 0 aromatic heterocycles. The number of hydrogen-bond donors (Lipinski definition) is 0. The Labute approximate surface area is 103 Å². The Balaban J connectivity index is 3.29. The summed E-state index contributed by atoms with van der Waals surface area (Å²) in [5.41, 5.74) is -0.669. The number of methoxy groups -OCH3 is 1. The topological polar surface area (TPSA) is 59.3 Å². The zero-order chi connectivity index (χ0) is 13.8. The second kappa shape index (κ2) is 5.45. The second-order valence-electron chi connectivity index (χ2n) is 3.32. The number of hydrogen-bond acceptors (Lipinski definition) is 4. The SMILES string of the molecule is CCOC(=O)C(F)(F)c1cc(C#N)ccc1OC. The molecule has 0 radical (unpaired) electrons. The average molecular weight is 255 g/mol. The van der Waals surface area contributed by atoms with Gasteiger partial charge in [-0.1, -0.05) is 0 Å². The van der Waals surface area contributed by atoms with Crippen molar-refractivity contribution >= 4 is 5.97 Å². The van der Waals surface area contributed by atoms with E-state index < -0.39 is 17.5 Å². The molecule has 0 spiro atoms. The number of halogens is 2. The van der Waals surface area contributed by atoms with E-state index in [1.54, 1.807) is 6.07 Å². The Morgan fingerprint density at radius 3 is 2.67 bits per heavy atom. The van der Waals surface area contributed by atoms with E-state index in [9.17, 15) is 13.6 Å². The van der Waals surface area contributed by atoms with Crippen molar-refractivity contribution in [1.29, 1.82) is 5.26 Å². The van der Waals surface area contributed by atoms with Crippen molar-refractivity contribution in [3.63, 3.8) is 0 Å². The maximum absolute atomic E-state index is 13.8. The molecule has 0 saturated heterocycles. The summed E-state index contributed by atoms with van der Waals surface area (Å²) in [6.07, 6.45) is 0. The van der Waals surface area contributed by atoms with Crippen LogP contribution in [0, 0.1) is 11.3 Å². The van der Waals surface area contributed by atoms with E-state index in [0.29, 0.717) is 0 Å². The number of rotatable bonds is 4. The molecule has 0 saturated carbocycles. The fourth-order valence-electron chi connectivity index (χ4n) is 1.35. The summed E-state index contributed by atoms with van der Waals surface area (Å²) >= 11 is 0. The molecule has 0 aliphatic heterocycles. The molecule has 1 aromatic rings. The van der Waals surface area contributed by atoms with E-state index in [4.69, 9.17) is 10.00 Å². The lowest BCUT2D eigenvalue weighted by Crippen LogP contribution is -2.29. The van der Waals surface area contributed by atoms with Gasteiger partial charge in [-0.25, -0.2) is 4.79 Å². The highest BCUT2D eigenvalue weighted by molar-refractivity contribution is 5.80. The normalized spacial score (nSPS) is 10.6. The van der Waals surface area contributed by atoms with Crippen molar-refractivity contribution < 1.29 is 23.0 Å². The smallest absolute Gasteiger partial charge is 0.382 e. The van der Waals surface area contributed by atoms with Crippen LogP contribution < -0.4 is 4.74 Å². The lowest BCUT2D eigenvalue weighted by molar-refractivity contribution is -0.173. The molecule has 0 aliphatic rings. The summed E-state index contributed by atoms with van der Waals surface area (Å²) in [6.45, 7) is 1.27. The summed E-state index contributed by atoms with van der Waals surface area (Å²) in [5, 5.41) is 8.68. The molecule has 1 rings (SSSR count). The van der Waals surface area contributed by atoms with Gasteiger partial charge in [0.25, 0.3) is 0 Å². The number of alkyl halides is 2. The zero-order valence-corrected chi connectivity index (χ0v) is 9.87. The molecule has 0 atom stereocenters. The van der Waals surface area contributed by atoms with E-state index in [2.05, 4.69) is 4.74 Å². The Morgan fingerprint density at radius 2 is 2.17 bits per heavy atom. The van der Waals surface area contributed by atoms with Crippen LogP contribution in [0.4, 0.5) is 8.78 Å². The molecule has 4 nitrogen and oxygen atoms in total. The third-order valence-corrected chi connectivity index (χ3v) is 2.20. The van der Waals surface area contributed by atoms with Crippen LogP contribution in [0.1, 0.15) is 18.1 Å². The summed E-state index contributed by atoms with van der Waals surface area (Å²) in [5.74, 6) is -5.70. The highest BCUT2D eigenvalue weighted by Gasteiger charge is 2.45. The van der Waals surface area contributed by atoms with Crippen LogP contribution in [0.15, 0.2) is 18.2 Å². The largest absolute Gasteiger partial charge is 0.496 e. The number of benzene rings is 1. The van der Waals surface area contributed by atoms with Crippen molar-refractivity contribution in [3.8, 4) is 11.8 Å². The second-order valence-corrected chi connectivity index (χ2v) is 3.32. The van der Waals surface area contributed by atoms with Crippen LogP contribution in [0.25, 0.3) is 0 Å². The van der Waals surface area contributed by atoms with Gasteiger partial charge < -0.3 is 9.47 Å². The van der Waals surface area contributed by atoms with E-state index in [1.807, 2.05) is 0 Å². The van der Waals surface area contributed by atoms with E-state index in [-0.39, 0.29) is 17.9 Å². The van der Waals surface area contributed by atoms with Gasteiger partial charge in [-0.05, 0) is 25.1 Å². The van der Waals surface area contributed by atoms with Gasteiger partial charge in [-0.15, -0.1) is 0 Å². The Bertz CT molecular complexity index is 495. The first-order chi connectivity index (χ1) is 8.47. The number of nitriles is 1. The van der Waals surface area contributed by atoms with Gasteiger partial charge in [0.2, 0.25) is 0 Å². The highest BCUT2D eigenvalue weighted by atomic mass is 19.3. The van der Waals surface area contributed by atoms with E-state index >= 15 is 0 Å². The lowest BCUT2D eigenvalue weighted by Gasteiger charge is -2.17. The van der Waals surface area contributed by atoms with Crippen molar-refractivity contribution in [2.45, 2.75) is 12.8 Å². The first-order valence-electron chi connectivity index (χ1n) is 5.11. The zero-order valence-electron chi connectivity index (χ0n) is 9.87. The van der Waals surface area contributed by atoms with Crippen LogP contribution in [0.5, 0.6) is 5.75 Å². The van der Waals surface area contributed by atoms with Crippen molar-refractivity contribution in [3.05, 3.63) is 29.3 Å². The van der Waals surface area contributed by atoms with Crippen molar-refractivity contribution in [1.82, 2.24) is 0 Å². The number of carbonyl (C=O) groups is 1. The first-order valence-corrected chi connectivity index (χ1v) is 5.11. The molecule has 0 heterocycles. The standard InChI is InChI=1S/C12H11F2NO3/c1-3-18-11(16)12(13,14)9-6-8(7-15)4-5-10(9)17-2/h4-6H,3H2,1-2H3. The average Bonchev–Trinajstić information content (AvgIpc) is 2.38. The van der Waals surface area contributed by atoms with Gasteiger partial charge in [0.1, 0.15) is 5.75 Å². The van der Waals surface area contributed by atoms with Gasteiger partial charge in [0.15, 0.2) is 0 Å². The van der Waals surface area contributed by atoms with E-state index in [0.717, 1.165) is 6.07 Å². The first kappa shape index (κ1) is 13.9. The molecular weight excluding hydrogens is 244 g/mol. The van der Waals surface area contributed by atoms with Gasteiger partial charge in [-0.2, -0.15) is 14.0 Å². The molecular formula is C12H11F2NO3. The quantitative estimate of drug-likeness (QED) is 0.774. The fourth-order valence-corrected chi connectivity index (χ4v) is 1.35. The summed E-state index contributed by atoms with van der Waals surface area (Å²) in [4.78, 5) is 11.2. The highest BCUT2D eigenvalue weighted by Crippen LogP contribution is 2.36. The minimum absolute atomic E-state index is 0.00905. The van der Waals surface area contributed by atoms with Crippen LogP contribution in [0.2, 0.25) is 0 Å². The Kier molecular flexibility index (Phi) is 4.21. The Morgan fingerprint density at radius 1 is 1.50 bits per heavy atom. The molecule has 6 heteroatoms. The van der Waals surface area contributed by atoms with Gasteiger partial charge in [0, 0.05) is 0 Å². The summed E-state index contributed by atoms with van der Waals surface area (Å²) < 4.78 is 36.7. The Hall–Kier alpha value is -2.16. The summed E-state index contributed by atoms with van der Waals surface area (Å²) in [6, 6.07) is 5.17. The van der Waals surface area contributed by atoms with Gasteiger partial charge in [-0.3, -0.25) is 0 Å². The maximum atomic E-state index is 13.8. The molecule has 0 fully saturated rings. The van der Waals surface area contributed by atoms with Gasteiger partial charge >= 0.3 is 11.9 Å². The number of carbonyl (C=O) groups excluding carboxylic acids is 1. The molecule has 0 unspecified atom stereocenters. The molecule has 1 aromatic carbocycles. The van der Waals surface area contributed by atoms with Crippen LogP contribution in [0.3, 0.4) is 0 Å². The van der Waals surface area contributed by atoms with Crippen LogP contribution in [-0.4, -0.2) is 19.7 Å². The third kappa shape index (κ3) is 2.56. The lowest BCUT2D eigenvalue weighted by atomic mass is 10.0. The number of esters is 1. The third-order valence-electron chi connectivity index (χ3n) is 2.20. The molecule has 0 bridgehead atoms. The van der Waals surface area contributed by atoms with Crippen LogP contribution in [-0.2, 0) is 15.5 Å². The predicted molar refractivity (Wildman–Crippen MR) is 58.2 cm³/mol. The predicted octanol–water partition coefficient (Wildman–Crippen LogP) is 2.22. The fraction of sp³-hybridized carbons (Fsp3) is 0.333. The minimum Gasteiger partial charge on any atom is -0.496 e. The molecule has 0 N–H and O–H groups in total. The molecule has 18 heavy (non-hydrogen) atoms.